The highest BCUT2D eigenvalue weighted by Gasteiger charge is 2.27. The van der Waals surface area contributed by atoms with Crippen molar-refractivity contribution in [2.75, 3.05) is 7.11 Å². The molecule has 0 saturated heterocycles. The molecule has 0 aliphatic heterocycles. The van der Waals surface area contributed by atoms with Crippen LogP contribution in [-0.4, -0.2) is 23.7 Å². The molecular formula is C13H20N2O3. The summed E-state index contributed by atoms with van der Waals surface area (Å²) < 4.78 is 5.11. The third kappa shape index (κ3) is 3.13. The van der Waals surface area contributed by atoms with Gasteiger partial charge in [0.15, 0.2) is 0 Å². The molecule has 5 heteroatoms. The third-order valence-electron chi connectivity index (χ3n) is 2.89. The molecule has 18 heavy (non-hydrogen) atoms. The van der Waals surface area contributed by atoms with E-state index >= 15 is 0 Å². The highest BCUT2D eigenvalue weighted by molar-refractivity contribution is 5.83. The fourth-order valence-electron chi connectivity index (χ4n) is 1.70. The van der Waals surface area contributed by atoms with Gasteiger partial charge in [-0.1, -0.05) is 0 Å². The lowest BCUT2D eigenvalue weighted by Crippen LogP contribution is -2.51. The molecule has 0 aromatic heterocycles. The maximum atomic E-state index is 11.3. The van der Waals surface area contributed by atoms with E-state index in [1.807, 2.05) is 6.92 Å². The van der Waals surface area contributed by atoms with Gasteiger partial charge in [-0.3, -0.25) is 10.1 Å². The Labute approximate surface area is 107 Å². The van der Waals surface area contributed by atoms with E-state index in [2.05, 4.69) is 5.32 Å². The number of carbonyl (C=O) groups is 1. The first-order valence-corrected chi connectivity index (χ1v) is 5.72. The maximum Gasteiger partial charge on any atom is 0.237 e. The predicted molar refractivity (Wildman–Crippen MR) is 69.5 cm³/mol. The number of carbonyl (C=O) groups excluding carboxylic acids is 1. The number of methoxy groups -OCH3 is 1. The minimum atomic E-state index is -0.852. The van der Waals surface area contributed by atoms with Crippen LogP contribution in [0.3, 0.4) is 0 Å². The number of nitrogens with one attached hydrogen (secondary N) is 1. The number of hydrogen-bond donors (Lipinski definition) is 3. The minimum Gasteiger partial charge on any atom is -0.508 e. The van der Waals surface area contributed by atoms with Crippen molar-refractivity contribution in [1.29, 1.82) is 0 Å². The van der Waals surface area contributed by atoms with Crippen LogP contribution in [0.2, 0.25) is 0 Å². The van der Waals surface area contributed by atoms with E-state index in [9.17, 15) is 9.90 Å². The minimum absolute atomic E-state index is 0.149. The van der Waals surface area contributed by atoms with Crippen LogP contribution in [0.25, 0.3) is 0 Å². The molecule has 0 aliphatic rings. The summed E-state index contributed by atoms with van der Waals surface area (Å²) in [5.41, 5.74) is 5.11. The summed E-state index contributed by atoms with van der Waals surface area (Å²) in [5, 5.41) is 12.9. The molecule has 0 radical (unpaired) electrons. The van der Waals surface area contributed by atoms with Crippen LogP contribution < -0.4 is 15.8 Å². The third-order valence-corrected chi connectivity index (χ3v) is 2.89. The molecule has 1 atom stereocenters. The van der Waals surface area contributed by atoms with Crippen LogP contribution in [0.1, 0.15) is 32.4 Å². The van der Waals surface area contributed by atoms with Gasteiger partial charge in [0, 0.05) is 11.6 Å². The molecule has 0 bridgehead atoms. The van der Waals surface area contributed by atoms with Crippen LogP contribution in [0, 0.1) is 0 Å². The van der Waals surface area contributed by atoms with Crippen molar-refractivity contribution in [3.8, 4) is 11.5 Å². The first-order valence-electron chi connectivity index (χ1n) is 5.72. The largest absolute Gasteiger partial charge is 0.508 e. The standard InChI is InChI=1S/C13H20N2O3/c1-8(15-13(2,3)12(14)17)10-7-9(18-4)5-6-11(10)16/h5-8,15-16H,1-4H3,(H2,14,17). The molecule has 1 rings (SSSR count). The van der Waals surface area contributed by atoms with Crippen molar-refractivity contribution in [3.05, 3.63) is 23.8 Å². The van der Waals surface area contributed by atoms with Crippen LogP contribution in [0.15, 0.2) is 18.2 Å². The Kier molecular flexibility index (Phi) is 4.19. The summed E-state index contributed by atoms with van der Waals surface area (Å²) in [4.78, 5) is 11.3. The second-order valence-corrected chi connectivity index (χ2v) is 4.78. The lowest BCUT2D eigenvalue weighted by atomic mass is 9.99. The van der Waals surface area contributed by atoms with Crippen molar-refractivity contribution in [3.63, 3.8) is 0 Å². The lowest BCUT2D eigenvalue weighted by Gasteiger charge is -2.27. The van der Waals surface area contributed by atoms with E-state index in [0.717, 1.165) is 0 Å². The molecule has 1 unspecified atom stereocenters. The summed E-state index contributed by atoms with van der Waals surface area (Å²) in [6, 6.07) is 4.72. The van der Waals surface area contributed by atoms with Gasteiger partial charge in [0.1, 0.15) is 11.5 Å². The number of primary amides is 1. The summed E-state index contributed by atoms with van der Waals surface area (Å²) in [5.74, 6) is 0.348. The number of rotatable bonds is 5. The van der Waals surface area contributed by atoms with E-state index in [1.165, 1.54) is 0 Å². The van der Waals surface area contributed by atoms with Gasteiger partial charge in [0.2, 0.25) is 5.91 Å². The van der Waals surface area contributed by atoms with E-state index in [4.69, 9.17) is 10.5 Å². The van der Waals surface area contributed by atoms with Gasteiger partial charge < -0.3 is 15.6 Å². The van der Waals surface area contributed by atoms with Crippen molar-refractivity contribution >= 4 is 5.91 Å². The second-order valence-electron chi connectivity index (χ2n) is 4.78. The van der Waals surface area contributed by atoms with Gasteiger partial charge >= 0.3 is 0 Å². The first kappa shape index (κ1) is 14.3. The summed E-state index contributed by atoms with van der Waals surface area (Å²) >= 11 is 0. The molecule has 1 aromatic rings. The van der Waals surface area contributed by atoms with Crippen LogP contribution in [0.5, 0.6) is 11.5 Å². The summed E-state index contributed by atoms with van der Waals surface area (Å²) in [6.45, 7) is 5.24. The van der Waals surface area contributed by atoms with Crippen LogP contribution in [0.4, 0.5) is 0 Å². The highest BCUT2D eigenvalue weighted by atomic mass is 16.5. The Morgan fingerprint density at radius 1 is 1.50 bits per heavy atom. The van der Waals surface area contributed by atoms with Crippen molar-refractivity contribution in [1.82, 2.24) is 5.32 Å². The molecule has 0 aliphatic carbocycles. The maximum absolute atomic E-state index is 11.3. The normalized spacial score (nSPS) is 13.1. The average molecular weight is 252 g/mol. The molecule has 0 fully saturated rings. The fourth-order valence-corrected chi connectivity index (χ4v) is 1.70. The van der Waals surface area contributed by atoms with Gasteiger partial charge in [-0.2, -0.15) is 0 Å². The van der Waals surface area contributed by atoms with Gasteiger partial charge in [0.05, 0.1) is 12.6 Å². The van der Waals surface area contributed by atoms with E-state index in [-0.39, 0.29) is 11.8 Å². The Hall–Kier alpha value is -1.75. The molecule has 5 nitrogen and oxygen atoms in total. The van der Waals surface area contributed by atoms with E-state index < -0.39 is 11.4 Å². The number of nitrogens with two attached hydrogens (primary N) is 1. The summed E-state index contributed by atoms with van der Waals surface area (Å²) in [7, 11) is 1.56. The van der Waals surface area contributed by atoms with Crippen molar-refractivity contribution < 1.29 is 14.6 Å². The number of hydrogen-bond acceptors (Lipinski definition) is 4. The smallest absolute Gasteiger partial charge is 0.237 e. The average Bonchev–Trinajstić information content (AvgIpc) is 2.28. The molecule has 0 heterocycles. The Morgan fingerprint density at radius 3 is 2.61 bits per heavy atom. The fraction of sp³-hybridized carbons (Fsp3) is 0.462. The molecule has 100 valence electrons. The van der Waals surface area contributed by atoms with Gasteiger partial charge in [0.25, 0.3) is 0 Å². The molecule has 4 N–H and O–H groups in total. The molecule has 0 spiro atoms. The van der Waals surface area contributed by atoms with Gasteiger partial charge in [-0.15, -0.1) is 0 Å². The summed E-state index contributed by atoms with van der Waals surface area (Å²) in [6.07, 6.45) is 0. The topological polar surface area (TPSA) is 84.6 Å². The molecule has 1 amide bonds. The Morgan fingerprint density at radius 2 is 2.11 bits per heavy atom. The number of ether oxygens (including phenoxy) is 1. The molecule has 0 saturated carbocycles. The van der Waals surface area contributed by atoms with Gasteiger partial charge in [-0.25, -0.2) is 0 Å². The monoisotopic (exact) mass is 252 g/mol. The number of phenols is 1. The Bertz CT molecular complexity index is 444. The van der Waals surface area contributed by atoms with Crippen LogP contribution >= 0.6 is 0 Å². The Balaban J connectivity index is 2.97. The number of phenolic OH excluding ortho intramolecular Hbond substituents is 1. The number of aromatic hydroxyl groups is 1. The lowest BCUT2D eigenvalue weighted by molar-refractivity contribution is -0.123. The van der Waals surface area contributed by atoms with E-state index in [0.29, 0.717) is 11.3 Å². The second kappa shape index (κ2) is 5.27. The molecule has 1 aromatic carbocycles. The first-order chi connectivity index (χ1) is 8.27. The number of benzene rings is 1. The number of amides is 1. The van der Waals surface area contributed by atoms with Crippen molar-refractivity contribution in [2.45, 2.75) is 32.4 Å². The zero-order chi connectivity index (χ0) is 13.9. The van der Waals surface area contributed by atoms with Crippen molar-refractivity contribution in [2.24, 2.45) is 5.73 Å². The predicted octanol–water partition coefficient (Wildman–Crippen LogP) is 1.32. The quantitative estimate of drug-likeness (QED) is 0.737. The van der Waals surface area contributed by atoms with E-state index in [1.54, 1.807) is 39.2 Å². The van der Waals surface area contributed by atoms with Crippen LogP contribution in [-0.2, 0) is 4.79 Å². The zero-order valence-electron chi connectivity index (χ0n) is 11.2. The molecular weight excluding hydrogens is 232 g/mol. The van der Waals surface area contributed by atoms with Gasteiger partial charge in [-0.05, 0) is 39.0 Å². The zero-order valence-corrected chi connectivity index (χ0v) is 11.2. The highest BCUT2D eigenvalue weighted by Crippen LogP contribution is 2.29. The SMILES string of the molecule is COc1ccc(O)c(C(C)NC(C)(C)C(N)=O)c1.